The van der Waals surface area contributed by atoms with Crippen molar-refractivity contribution in [2.75, 3.05) is 0 Å². The van der Waals surface area contributed by atoms with E-state index in [2.05, 4.69) is 4.98 Å². The van der Waals surface area contributed by atoms with Crippen LogP contribution in [-0.2, 0) is 10.0 Å². The fourth-order valence-electron chi connectivity index (χ4n) is 4.00. The molecule has 1 aromatic carbocycles. The van der Waals surface area contributed by atoms with Gasteiger partial charge in [-0.05, 0) is 36.6 Å². The Balaban J connectivity index is 1.46. The molecule has 2 aliphatic rings. The average Bonchev–Trinajstić information content (AvgIpc) is 2.94. The maximum absolute atomic E-state index is 12.9. The normalized spacial score (nSPS) is 26.2. The molecule has 3 heterocycles. The summed E-state index contributed by atoms with van der Waals surface area (Å²) in [7, 11) is -3.43. The van der Waals surface area contributed by atoms with E-state index in [1.165, 1.54) is 5.41 Å². The minimum absolute atomic E-state index is 0.0147. The van der Waals surface area contributed by atoms with E-state index in [0.717, 1.165) is 37.0 Å². The summed E-state index contributed by atoms with van der Waals surface area (Å²) in [6.07, 6.45) is 8.38. The van der Waals surface area contributed by atoms with Gasteiger partial charge in [0.25, 0.3) is 0 Å². The minimum Gasteiger partial charge on any atom is -0.489 e. The number of hydrogen-bond donors (Lipinski definition) is 0. The van der Waals surface area contributed by atoms with E-state index in [1.807, 2.05) is 42.5 Å². The number of aromatic nitrogens is 1. The third kappa shape index (κ3) is 3.66. The number of hydrogen-bond acceptors (Lipinski definition) is 4. The van der Waals surface area contributed by atoms with E-state index < -0.39 is 10.0 Å². The van der Waals surface area contributed by atoms with Crippen molar-refractivity contribution in [3.8, 4) is 5.75 Å². The molecule has 0 saturated carbocycles. The van der Waals surface area contributed by atoms with Crippen LogP contribution in [0.5, 0.6) is 5.75 Å². The molecule has 0 aliphatic carbocycles. The first kappa shape index (κ1) is 17.2. The van der Waals surface area contributed by atoms with Gasteiger partial charge in [-0.3, -0.25) is 4.98 Å². The van der Waals surface area contributed by atoms with Crippen LogP contribution in [0.1, 0.15) is 31.2 Å². The molecule has 2 unspecified atom stereocenters. The van der Waals surface area contributed by atoms with Gasteiger partial charge in [0.2, 0.25) is 10.0 Å². The van der Waals surface area contributed by atoms with Crippen LogP contribution in [-0.4, -0.2) is 35.9 Å². The summed E-state index contributed by atoms with van der Waals surface area (Å²) >= 11 is 0. The smallest absolute Gasteiger partial charge is 0.236 e. The van der Waals surface area contributed by atoms with Crippen LogP contribution in [0.4, 0.5) is 0 Å². The van der Waals surface area contributed by atoms with E-state index >= 15 is 0 Å². The lowest BCUT2D eigenvalue weighted by Gasteiger charge is -2.37. The Kier molecular flexibility index (Phi) is 4.78. The maximum atomic E-state index is 12.9. The monoisotopic (exact) mass is 370 g/mol. The Labute approximate surface area is 154 Å². The molecule has 2 bridgehead atoms. The molecule has 0 N–H and O–H groups in total. The van der Waals surface area contributed by atoms with Gasteiger partial charge in [-0.1, -0.05) is 30.3 Å². The van der Waals surface area contributed by atoms with E-state index in [9.17, 15) is 8.42 Å². The molecule has 2 aromatic rings. The Morgan fingerprint density at radius 1 is 1.04 bits per heavy atom. The highest BCUT2D eigenvalue weighted by molar-refractivity contribution is 7.92. The Hall–Kier alpha value is -2.18. The molecule has 2 atom stereocenters. The number of ether oxygens (including phenoxy) is 1. The van der Waals surface area contributed by atoms with Crippen LogP contribution in [0.2, 0.25) is 0 Å². The largest absolute Gasteiger partial charge is 0.489 e. The van der Waals surface area contributed by atoms with E-state index in [1.54, 1.807) is 22.8 Å². The Morgan fingerprint density at radius 3 is 2.42 bits per heavy atom. The van der Waals surface area contributed by atoms with Gasteiger partial charge in [-0.15, -0.1) is 0 Å². The number of piperidine rings is 1. The predicted molar refractivity (Wildman–Crippen MR) is 101 cm³/mol. The van der Waals surface area contributed by atoms with Gasteiger partial charge in [0.15, 0.2) is 0 Å². The fourth-order valence-corrected chi connectivity index (χ4v) is 5.69. The third-order valence-corrected chi connectivity index (χ3v) is 6.75. The first-order valence-electron chi connectivity index (χ1n) is 8.95. The van der Waals surface area contributed by atoms with Crippen LogP contribution in [0.3, 0.4) is 0 Å². The highest BCUT2D eigenvalue weighted by Gasteiger charge is 2.46. The number of rotatable bonds is 5. The van der Waals surface area contributed by atoms with Crippen LogP contribution >= 0.6 is 0 Å². The van der Waals surface area contributed by atoms with Crippen molar-refractivity contribution in [1.82, 2.24) is 9.29 Å². The first-order chi connectivity index (χ1) is 12.6. The third-order valence-electron chi connectivity index (χ3n) is 5.09. The van der Waals surface area contributed by atoms with E-state index in [0.29, 0.717) is 0 Å². The topological polar surface area (TPSA) is 59.5 Å². The van der Waals surface area contributed by atoms with Gasteiger partial charge < -0.3 is 4.74 Å². The lowest BCUT2D eigenvalue weighted by Crippen LogP contribution is -2.48. The summed E-state index contributed by atoms with van der Waals surface area (Å²) in [4.78, 5) is 4.07. The zero-order valence-electron chi connectivity index (χ0n) is 14.4. The lowest BCUT2D eigenvalue weighted by molar-refractivity contribution is 0.0960. The summed E-state index contributed by atoms with van der Waals surface area (Å²) in [5, 5.41) is 1.34. The number of sulfonamides is 1. The second-order valence-electron chi connectivity index (χ2n) is 6.87. The molecular formula is C20H22N2O3S. The van der Waals surface area contributed by atoms with Crippen molar-refractivity contribution in [2.45, 2.75) is 43.9 Å². The molecule has 26 heavy (non-hydrogen) atoms. The molecule has 5 nitrogen and oxygen atoms in total. The van der Waals surface area contributed by atoms with Crippen molar-refractivity contribution < 1.29 is 13.2 Å². The summed E-state index contributed by atoms with van der Waals surface area (Å²) in [6.45, 7) is 0. The van der Waals surface area contributed by atoms with Gasteiger partial charge in [-0.2, -0.15) is 4.31 Å². The molecule has 136 valence electrons. The molecule has 0 spiro atoms. The van der Waals surface area contributed by atoms with Gasteiger partial charge in [0, 0.05) is 36.5 Å². The van der Waals surface area contributed by atoms with Gasteiger partial charge >= 0.3 is 0 Å². The van der Waals surface area contributed by atoms with E-state index in [-0.39, 0.29) is 18.2 Å². The van der Waals surface area contributed by atoms with Crippen molar-refractivity contribution >= 4 is 16.1 Å². The van der Waals surface area contributed by atoms with Crippen LogP contribution < -0.4 is 4.74 Å². The Morgan fingerprint density at radius 2 is 1.77 bits per heavy atom. The summed E-state index contributed by atoms with van der Waals surface area (Å²) in [6, 6.07) is 13.3. The summed E-state index contributed by atoms with van der Waals surface area (Å²) in [5.41, 5.74) is 0.887. The van der Waals surface area contributed by atoms with Crippen LogP contribution in [0.25, 0.3) is 6.08 Å². The standard InChI is InChI=1S/C20H22N2O3S/c23-26(24,12-10-16-5-2-1-3-6-16)22-17-8-9-18(22)14-20(13-17)25-19-7-4-11-21-15-19/h1-7,10-12,15,17-18,20H,8-9,13-14H2/b12-10+. The average molecular weight is 370 g/mol. The SMILES string of the molecule is O=S(=O)(/C=C/c1ccccc1)N1C2CCC1CC(Oc1cccnc1)C2. The minimum atomic E-state index is -3.43. The molecule has 0 amide bonds. The molecule has 2 saturated heterocycles. The van der Waals surface area contributed by atoms with Crippen molar-refractivity contribution in [3.63, 3.8) is 0 Å². The number of fused-ring (bicyclic) bond motifs is 2. The maximum Gasteiger partial charge on any atom is 0.236 e. The molecule has 2 fully saturated rings. The number of benzene rings is 1. The highest BCUT2D eigenvalue weighted by Crippen LogP contribution is 2.39. The molecule has 1 aromatic heterocycles. The zero-order chi connectivity index (χ0) is 18.0. The molecule has 6 heteroatoms. The quantitative estimate of drug-likeness (QED) is 0.809. The summed E-state index contributed by atoms with van der Waals surface area (Å²) < 4.78 is 33.5. The van der Waals surface area contributed by atoms with Gasteiger partial charge in [0.1, 0.15) is 11.9 Å². The molecule has 4 rings (SSSR count). The second kappa shape index (κ2) is 7.21. The number of pyridine rings is 1. The lowest BCUT2D eigenvalue weighted by atomic mass is 10.0. The van der Waals surface area contributed by atoms with Crippen molar-refractivity contribution in [1.29, 1.82) is 0 Å². The predicted octanol–water partition coefficient (Wildman–Crippen LogP) is 3.46. The first-order valence-corrected chi connectivity index (χ1v) is 10.5. The van der Waals surface area contributed by atoms with Gasteiger partial charge in [0.05, 0.1) is 6.20 Å². The van der Waals surface area contributed by atoms with E-state index in [4.69, 9.17) is 4.74 Å². The summed E-state index contributed by atoms with van der Waals surface area (Å²) in [5.74, 6) is 0.747. The highest BCUT2D eigenvalue weighted by atomic mass is 32.2. The number of nitrogens with zero attached hydrogens (tertiary/aromatic N) is 2. The molecular weight excluding hydrogens is 348 g/mol. The Bertz CT molecular complexity index is 854. The van der Waals surface area contributed by atoms with Gasteiger partial charge in [-0.25, -0.2) is 8.42 Å². The molecule has 0 radical (unpaired) electrons. The fraction of sp³-hybridized carbons (Fsp3) is 0.350. The molecule has 2 aliphatic heterocycles. The van der Waals surface area contributed by atoms with Crippen LogP contribution in [0.15, 0.2) is 60.3 Å². The zero-order valence-corrected chi connectivity index (χ0v) is 15.3. The van der Waals surface area contributed by atoms with Crippen molar-refractivity contribution in [2.24, 2.45) is 0 Å². The van der Waals surface area contributed by atoms with Crippen molar-refractivity contribution in [3.05, 3.63) is 65.8 Å². The van der Waals surface area contributed by atoms with Crippen LogP contribution in [0, 0.1) is 0 Å². The second-order valence-corrected chi connectivity index (χ2v) is 8.60.